The number of hydrogen-bond acceptors (Lipinski definition) is 11. The number of aryl methyl sites for hydroxylation is 2. The number of hydrogen-bond donors (Lipinski definition) is 3. The van der Waals surface area contributed by atoms with E-state index in [1.807, 2.05) is 74.5 Å². The summed E-state index contributed by atoms with van der Waals surface area (Å²) >= 11 is 10.0. The molecule has 242 valence electrons. The van der Waals surface area contributed by atoms with Crippen LogP contribution in [0, 0.1) is 19.8 Å². The second kappa shape index (κ2) is 13.5. The molecule has 0 spiro atoms. The van der Waals surface area contributed by atoms with Crippen LogP contribution in [-0.2, 0) is 19.2 Å². The standard InChI is InChI=1S/C32H29ClN6O5S3/c1-15-16(2)45-32(35-15)46-26-19(21(17-10-6-4-7-11-17)18-12-8-5-9-13-18)14-20-22(29(41)39(20)25(26)30(42)43)36-28(40)24(38-44-3)23-27(33)47-31(34)37-23/h4-13,19-22H,14H2,1-3H3,(H2,34,37)(H,36,40)(H,42,43)/t19?,20-,22+/m1/s1. The Balaban J connectivity index is 1.44. The van der Waals surface area contributed by atoms with Crippen LogP contribution in [0.25, 0.3) is 0 Å². The van der Waals surface area contributed by atoms with E-state index in [4.69, 9.17) is 27.2 Å². The monoisotopic (exact) mass is 708 g/mol. The predicted octanol–water partition coefficient (Wildman–Crippen LogP) is 5.44. The first-order valence-electron chi connectivity index (χ1n) is 14.5. The number of allylic oxidation sites excluding steroid dienone is 1. The van der Waals surface area contributed by atoms with Gasteiger partial charge in [-0.1, -0.05) is 101 Å². The Bertz CT molecular complexity index is 1850. The highest BCUT2D eigenvalue weighted by molar-refractivity contribution is 8.04. The molecule has 3 atom stereocenters. The molecule has 0 radical (unpaired) electrons. The molecular weight excluding hydrogens is 680 g/mol. The minimum Gasteiger partial charge on any atom is -0.477 e. The molecule has 4 N–H and O–H groups in total. The van der Waals surface area contributed by atoms with Crippen molar-refractivity contribution < 1.29 is 24.3 Å². The zero-order valence-corrected chi connectivity index (χ0v) is 28.5. The second-order valence-electron chi connectivity index (χ2n) is 10.9. The molecule has 1 unspecified atom stereocenters. The van der Waals surface area contributed by atoms with E-state index in [9.17, 15) is 19.5 Å². The van der Waals surface area contributed by atoms with Crippen LogP contribution in [0.5, 0.6) is 0 Å². The van der Waals surface area contributed by atoms with Gasteiger partial charge in [0.2, 0.25) is 0 Å². The number of oxime groups is 1. The van der Waals surface area contributed by atoms with Gasteiger partial charge in [0.1, 0.15) is 28.9 Å². The maximum absolute atomic E-state index is 13.8. The van der Waals surface area contributed by atoms with Gasteiger partial charge in [0, 0.05) is 21.6 Å². The van der Waals surface area contributed by atoms with Crippen molar-refractivity contribution in [2.24, 2.45) is 11.1 Å². The first-order chi connectivity index (χ1) is 22.6. The van der Waals surface area contributed by atoms with Gasteiger partial charge < -0.3 is 21.0 Å². The molecule has 1 fully saturated rings. The van der Waals surface area contributed by atoms with Crippen LogP contribution in [0.15, 0.2) is 80.8 Å². The quantitative estimate of drug-likeness (QED) is 0.111. The van der Waals surface area contributed by atoms with Gasteiger partial charge in [-0.05, 0) is 31.4 Å². The van der Waals surface area contributed by atoms with Gasteiger partial charge >= 0.3 is 5.97 Å². The van der Waals surface area contributed by atoms with Crippen molar-refractivity contribution in [3.05, 3.63) is 103 Å². The molecule has 1 saturated heterocycles. The summed E-state index contributed by atoms with van der Waals surface area (Å²) in [5.41, 5.74) is 8.28. The molecular formula is C32H29ClN6O5S3. The van der Waals surface area contributed by atoms with E-state index in [-0.39, 0.29) is 32.5 Å². The lowest BCUT2D eigenvalue weighted by Crippen LogP contribution is -2.72. The van der Waals surface area contributed by atoms with E-state index < -0.39 is 35.8 Å². The minimum absolute atomic E-state index is 0.0192. The van der Waals surface area contributed by atoms with Gasteiger partial charge in [-0.3, -0.25) is 14.5 Å². The van der Waals surface area contributed by atoms with Crippen LogP contribution in [0.2, 0.25) is 4.34 Å². The number of carbonyl (C=O) groups excluding carboxylic acids is 2. The lowest BCUT2D eigenvalue weighted by molar-refractivity contribution is -0.156. The Kier molecular flexibility index (Phi) is 9.37. The van der Waals surface area contributed by atoms with Crippen molar-refractivity contribution >= 4 is 74.7 Å². The number of nitrogens with one attached hydrogen (secondary N) is 1. The fraction of sp³-hybridized carbons (Fsp3) is 0.250. The number of aliphatic carboxylic acids is 1. The number of rotatable bonds is 10. The molecule has 6 rings (SSSR count). The highest BCUT2D eigenvalue weighted by Gasteiger charge is 2.57. The number of benzene rings is 2. The molecule has 2 aliphatic heterocycles. The van der Waals surface area contributed by atoms with Crippen molar-refractivity contribution in [1.29, 1.82) is 0 Å². The van der Waals surface area contributed by atoms with E-state index in [0.717, 1.165) is 33.0 Å². The van der Waals surface area contributed by atoms with Gasteiger partial charge in [-0.2, -0.15) is 0 Å². The van der Waals surface area contributed by atoms with Crippen LogP contribution < -0.4 is 11.1 Å². The van der Waals surface area contributed by atoms with Crippen molar-refractivity contribution in [3.8, 4) is 0 Å². The molecule has 0 bridgehead atoms. The summed E-state index contributed by atoms with van der Waals surface area (Å²) in [5, 5.41) is 17.4. The summed E-state index contributed by atoms with van der Waals surface area (Å²) in [6.45, 7) is 3.88. The third-order valence-electron chi connectivity index (χ3n) is 8.17. The summed E-state index contributed by atoms with van der Waals surface area (Å²) in [6, 6.07) is 18.0. The summed E-state index contributed by atoms with van der Waals surface area (Å²) in [7, 11) is 1.26. The average Bonchev–Trinajstić information content (AvgIpc) is 3.57. The summed E-state index contributed by atoms with van der Waals surface area (Å²) < 4.78 is 0.821. The van der Waals surface area contributed by atoms with Crippen LogP contribution in [0.1, 0.15) is 39.7 Å². The molecule has 2 aromatic carbocycles. The Labute approximate surface area is 287 Å². The Morgan fingerprint density at radius 1 is 1.11 bits per heavy atom. The number of nitrogens with zero attached hydrogens (tertiary/aromatic N) is 4. The summed E-state index contributed by atoms with van der Waals surface area (Å²) in [5.74, 6) is -3.22. The van der Waals surface area contributed by atoms with Crippen LogP contribution in [-0.4, -0.2) is 62.7 Å². The first-order valence-corrected chi connectivity index (χ1v) is 17.3. The van der Waals surface area contributed by atoms with Gasteiger partial charge in [0.25, 0.3) is 11.8 Å². The largest absolute Gasteiger partial charge is 0.477 e. The topological polar surface area (TPSA) is 160 Å². The Morgan fingerprint density at radius 3 is 2.26 bits per heavy atom. The number of halogens is 1. The van der Waals surface area contributed by atoms with Crippen molar-refractivity contribution in [3.63, 3.8) is 0 Å². The predicted molar refractivity (Wildman–Crippen MR) is 183 cm³/mol. The van der Waals surface area contributed by atoms with Crippen molar-refractivity contribution in [1.82, 2.24) is 20.2 Å². The van der Waals surface area contributed by atoms with E-state index in [1.165, 1.54) is 35.1 Å². The zero-order valence-electron chi connectivity index (χ0n) is 25.3. The molecule has 2 amide bonds. The molecule has 4 heterocycles. The zero-order chi connectivity index (χ0) is 33.4. The summed E-state index contributed by atoms with van der Waals surface area (Å²) in [4.78, 5) is 57.0. The molecule has 0 saturated carbocycles. The third kappa shape index (κ3) is 6.25. The molecule has 11 nitrogen and oxygen atoms in total. The molecule has 47 heavy (non-hydrogen) atoms. The normalized spacial score (nSPS) is 19.4. The second-order valence-corrected chi connectivity index (χ2v) is 15.0. The number of aromatic nitrogens is 2. The van der Waals surface area contributed by atoms with Gasteiger partial charge in [0.05, 0.1) is 11.7 Å². The van der Waals surface area contributed by atoms with E-state index in [0.29, 0.717) is 15.7 Å². The lowest BCUT2D eigenvalue weighted by Gasteiger charge is -2.53. The number of carbonyl (C=O) groups is 3. The van der Waals surface area contributed by atoms with Crippen LogP contribution in [0.4, 0.5) is 5.13 Å². The van der Waals surface area contributed by atoms with Gasteiger partial charge in [0.15, 0.2) is 15.2 Å². The Hall–Kier alpha value is -4.24. The number of carboxylic acids is 1. The maximum atomic E-state index is 13.8. The lowest BCUT2D eigenvalue weighted by atomic mass is 9.71. The van der Waals surface area contributed by atoms with E-state index in [1.54, 1.807) is 0 Å². The number of nitrogens with two attached hydrogens (primary N) is 1. The number of carboxylic acid groups (broad SMARTS) is 1. The fourth-order valence-electron chi connectivity index (χ4n) is 6.02. The van der Waals surface area contributed by atoms with Gasteiger partial charge in [-0.25, -0.2) is 14.8 Å². The molecule has 15 heteroatoms. The first kappa shape index (κ1) is 32.7. The highest BCUT2D eigenvalue weighted by Crippen LogP contribution is 2.53. The van der Waals surface area contributed by atoms with Gasteiger partial charge in [-0.15, -0.1) is 11.3 Å². The maximum Gasteiger partial charge on any atom is 0.353 e. The third-order valence-corrected chi connectivity index (χ3v) is 11.6. The SMILES string of the molecule is CON=C(C(=O)N[C@@H]1C(=O)N2C(C(=O)O)=C(Sc3nc(C)c(C)s3)C(C(c3ccccc3)c3ccccc3)C[C@H]12)c1nc(N)sc1Cl. The highest BCUT2D eigenvalue weighted by atomic mass is 35.5. The van der Waals surface area contributed by atoms with Crippen LogP contribution >= 0.6 is 46.0 Å². The average molecular weight is 709 g/mol. The number of β-lactam (4-membered cyclic amide) rings is 1. The molecule has 0 aliphatic carbocycles. The molecule has 2 aromatic heterocycles. The molecule has 2 aliphatic rings. The molecule has 4 aromatic rings. The number of amides is 2. The number of anilines is 1. The van der Waals surface area contributed by atoms with Crippen molar-refractivity contribution in [2.75, 3.05) is 12.8 Å². The van der Waals surface area contributed by atoms with Crippen LogP contribution in [0.3, 0.4) is 0 Å². The number of fused-ring (bicyclic) bond motifs is 1. The minimum atomic E-state index is -1.24. The summed E-state index contributed by atoms with van der Waals surface area (Å²) in [6.07, 6.45) is 0.356. The van der Waals surface area contributed by atoms with Crippen molar-refractivity contribution in [2.45, 2.75) is 42.6 Å². The van der Waals surface area contributed by atoms with E-state index in [2.05, 4.69) is 15.5 Å². The fourth-order valence-corrected chi connectivity index (χ4v) is 9.43. The Morgan fingerprint density at radius 2 is 1.74 bits per heavy atom. The number of thioether (sulfide) groups is 1. The number of thiazole rings is 2. The number of nitrogen functional groups attached to an aromatic ring is 1. The smallest absolute Gasteiger partial charge is 0.353 e. The van der Waals surface area contributed by atoms with E-state index >= 15 is 0 Å².